The highest BCUT2D eigenvalue weighted by Crippen LogP contribution is 2.30. The first kappa shape index (κ1) is 25.1. The van der Waals surface area contributed by atoms with Crippen molar-refractivity contribution < 1.29 is 39.4 Å². The Kier molecular flexibility index (Phi) is 8.59. The van der Waals surface area contributed by atoms with Crippen LogP contribution in [0.2, 0.25) is 0 Å². The molecule has 0 aromatic heterocycles. The molecule has 0 aromatic carbocycles. The summed E-state index contributed by atoms with van der Waals surface area (Å²) in [5.41, 5.74) is 29.9. The van der Waals surface area contributed by atoms with Gasteiger partial charge in [-0.2, -0.15) is 0 Å². The Morgan fingerprint density at radius 2 is 1.35 bits per heavy atom. The maximum absolute atomic E-state index is 11.0. The van der Waals surface area contributed by atoms with Crippen LogP contribution in [0.1, 0.15) is 19.3 Å². The van der Waals surface area contributed by atoms with Crippen molar-refractivity contribution in [2.45, 2.75) is 98.7 Å². The van der Waals surface area contributed by atoms with Gasteiger partial charge >= 0.3 is 0 Å². The van der Waals surface area contributed by atoms with E-state index >= 15 is 0 Å². The normalized spacial score (nSPS) is 51.6. The Labute approximate surface area is 180 Å². The van der Waals surface area contributed by atoms with Crippen LogP contribution >= 0.6 is 0 Å². The fourth-order valence-corrected chi connectivity index (χ4v) is 4.40. The van der Waals surface area contributed by atoms with Crippen molar-refractivity contribution in [1.29, 1.82) is 0 Å². The molecule has 2 aliphatic heterocycles. The fraction of sp³-hybridized carbons (Fsp3) is 1.00. The predicted octanol–water partition coefficient (Wildman–Crippen LogP) is -5.27. The van der Waals surface area contributed by atoms with E-state index in [1.54, 1.807) is 0 Å². The molecule has 0 radical (unpaired) electrons. The molecular formula is C18H37N5O8. The molecule has 0 bridgehead atoms. The third kappa shape index (κ3) is 5.52. The second-order valence-electron chi connectivity index (χ2n) is 8.70. The van der Waals surface area contributed by atoms with Crippen molar-refractivity contribution in [2.24, 2.45) is 28.7 Å². The first-order chi connectivity index (χ1) is 14.7. The third-order valence-corrected chi connectivity index (χ3v) is 6.26. The Balaban J connectivity index is 1.69. The SMILES string of the molecule is NC[C@H]1O[C@H](O[C@H]2[C@H](O)[C@@H](O[C@H]3O[C@H](CO)C[C@@H](N)[C@H]3O)[C@H](N)C[C@@H]2N)[C@H](N)C[C@@H]1O. The molecule has 1 saturated carbocycles. The number of hydrogen-bond donors (Lipinski definition) is 9. The van der Waals surface area contributed by atoms with Gasteiger partial charge in [-0.15, -0.1) is 0 Å². The largest absolute Gasteiger partial charge is 0.394 e. The zero-order valence-electron chi connectivity index (χ0n) is 17.3. The van der Waals surface area contributed by atoms with E-state index in [1.807, 2.05) is 0 Å². The van der Waals surface area contributed by atoms with Crippen LogP contribution in [0, 0.1) is 0 Å². The number of aliphatic hydroxyl groups is 4. The quantitative estimate of drug-likeness (QED) is 0.183. The monoisotopic (exact) mass is 451 g/mol. The van der Waals surface area contributed by atoms with E-state index in [4.69, 9.17) is 47.6 Å². The Bertz CT molecular complexity index is 579. The molecule has 0 aromatic rings. The molecule has 2 saturated heterocycles. The smallest absolute Gasteiger partial charge is 0.185 e. The van der Waals surface area contributed by atoms with Crippen LogP contribution in [0.4, 0.5) is 0 Å². The molecule has 14 N–H and O–H groups in total. The minimum Gasteiger partial charge on any atom is -0.394 e. The van der Waals surface area contributed by atoms with Gasteiger partial charge in [-0.1, -0.05) is 0 Å². The second kappa shape index (κ2) is 10.6. The molecule has 1 aliphatic carbocycles. The van der Waals surface area contributed by atoms with Gasteiger partial charge < -0.3 is 68.0 Å². The van der Waals surface area contributed by atoms with E-state index in [9.17, 15) is 20.4 Å². The van der Waals surface area contributed by atoms with Crippen LogP contribution in [-0.2, 0) is 18.9 Å². The van der Waals surface area contributed by atoms with E-state index < -0.39 is 79.5 Å². The molecule has 0 spiro atoms. The van der Waals surface area contributed by atoms with Crippen LogP contribution in [0.15, 0.2) is 0 Å². The highest BCUT2D eigenvalue weighted by Gasteiger charge is 2.48. The zero-order chi connectivity index (χ0) is 22.9. The van der Waals surface area contributed by atoms with E-state index in [0.717, 1.165) is 0 Å². The van der Waals surface area contributed by atoms with Crippen molar-refractivity contribution in [3.8, 4) is 0 Å². The van der Waals surface area contributed by atoms with Crippen molar-refractivity contribution in [3.63, 3.8) is 0 Å². The van der Waals surface area contributed by atoms with Gasteiger partial charge in [0.15, 0.2) is 12.6 Å². The lowest BCUT2D eigenvalue weighted by Crippen LogP contribution is -2.66. The van der Waals surface area contributed by atoms with Gasteiger partial charge in [0.05, 0.1) is 31.0 Å². The molecule has 3 aliphatic rings. The first-order valence-electron chi connectivity index (χ1n) is 10.7. The van der Waals surface area contributed by atoms with Crippen LogP contribution in [0.5, 0.6) is 0 Å². The van der Waals surface area contributed by atoms with Crippen LogP contribution in [0.25, 0.3) is 0 Å². The molecule has 3 rings (SSSR count). The highest BCUT2D eigenvalue weighted by molar-refractivity contribution is 5.00. The highest BCUT2D eigenvalue weighted by atomic mass is 16.7. The lowest BCUT2D eigenvalue weighted by molar-refractivity contribution is -0.303. The standard InChI is InChI=1S/C18H37N5O8/c19-4-12-11(25)3-10(23)17(29-12)30-15-8(21)2-9(22)16(14(15)27)31-18-13(26)7(20)1-6(5-24)28-18/h6-18,24-27H,1-5,19-23H2/t6-,7+,8-,9+,10+,11-,12+,13+,14-,15+,16-,17+,18+/m0/s1. The molecule has 31 heavy (non-hydrogen) atoms. The number of rotatable bonds is 6. The molecule has 0 amide bonds. The van der Waals surface area contributed by atoms with E-state index in [1.165, 1.54) is 0 Å². The average Bonchev–Trinajstić information content (AvgIpc) is 2.72. The number of nitrogens with two attached hydrogens (primary N) is 5. The van der Waals surface area contributed by atoms with Gasteiger partial charge in [-0.25, -0.2) is 0 Å². The van der Waals surface area contributed by atoms with Crippen molar-refractivity contribution in [2.75, 3.05) is 13.2 Å². The molecule has 2 heterocycles. The number of hydrogen-bond acceptors (Lipinski definition) is 13. The van der Waals surface area contributed by atoms with Gasteiger partial charge in [0.2, 0.25) is 0 Å². The van der Waals surface area contributed by atoms with Crippen LogP contribution < -0.4 is 28.7 Å². The molecule has 13 nitrogen and oxygen atoms in total. The second-order valence-corrected chi connectivity index (χ2v) is 8.70. The summed E-state index contributed by atoms with van der Waals surface area (Å²) in [5, 5.41) is 40.7. The zero-order valence-corrected chi connectivity index (χ0v) is 17.3. The summed E-state index contributed by atoms with van der Waals surface area (Å²) in [6, 6.07) is -2.64. The molecule has 0 unspecified atom stereocenters. The minimum atomic E-state index is -1.29. The van der Waals surface area contributed by atoms with Crippen molar-refractivity contribution in [1.82, 2.24) is 0 Å². The topological polar surface area (TPSA) is 248 Å². The lowest BCUT2D eigenvalue weighted by atomic mass is 9.84. The summed E-state index contributed by atoms with van der Waals surface area (Å²) >= 11 is 0. The average molecular weight is 452 g/mol. The van der Waals surface area contributed by atoms with Crippen LogP contribution in [-0.4, -0.2) is 113 Å². The van der Waals surface area contributed by atoms with E-state index in [2.05, 4.69) is 0 Å². The molecular weight excluding hydrogens is 414 g/mol. The van der Waals surface area contributed by atoms with Gasteiger partial charge in [-0.05, 0) is 19.3 Å². The maximum atomic E-state index is 11.0. The summed E-state index contributed by atoms with van der Waals surface area (Å²) in [4.78, 5) is 0. The van der Waals surface area contributed by atoms with Gasteiger partial charge in [-0.3, -0.25) is 0 Å². The molecule has 3 fully saturated rings. The third-order valence-electron chi connectivity index (χ3n) is 6.26. The summed E-state index contributed by atoms with van der Waals surface area (Å²) in [6.07, 6.45) is -7.89. The maximum Gasteiger partial charge on any atom is 0.185 e. The van der Waals surface area contributed by atoms with E-state index in [0.29, 0.717) is 0 Å². The minimum absolute atomic E-state index is 0.0762. The fourth-order valence-electron chi connectivity index (χ4n) is 4.40. The van der Waals surface area contributed by atoms with E-state index in [-0.39, 0.29) is 32.4 Å². The molecule has 182 valence electrons. The summed E-state index contributed by atoms with van der Waals surface area (Å²) in [7, 11) is 0. The summed E-state index contributed by atoms with van der Waals surface area (Å²) < 4.78 is 23.0. The molecule has 13 atom stereocenters. The summed E-state index contributed by atoms with van der Waals surface area (Å²) in [6.45, 7) is -0.214. The number of ether oxygens (including phenoxy) is 4. The van der Waals surface area contributed by atoms with Crippen molar-refractivity contribution >= 4 is 0 Å². The van der Waals surface area contributed by atoms with Gasteiger partial charge in [0.25, 0.3) is 0 Å². The Hall–Kier alpha value is -0.520. The number of aliphatic hydroxyl groups excluding tert-OH is 4. The Morgan fingerprint density at radius 3 is 1.94 bits per heavy atom. The van der Waals surface area contributed by atoms with Gasteiger partial charge in [0, 0.05) is 24.7 Å². The Morgan fingerprint density at radius 1 is 0.742 bits per heavy atom. The predicted molar refractivity (Wildman–Crippen MR) is 107 cm³/mol. The van der Waals surface area contributed by atoms with Gasteiger partial charge in [0.1, 0.15) is 24.4 Å². The molecule has 13 heteroatoms. The van der Waals surface area contributed by atoms with Crippen LogP contribution in [0.3, 0.4) is 0 Å². The first-order valence-corrected chi connectivity index (χ1v) is 10.7. The summed E-state index contributed by atoms with van der Waals surface area (Å²) in [5.74, 6) is 0. The lowest BCUT2D eigenvalue weighted by Gasteiger charge is -2.47. The van der Waals surface area contributed by atoms with Crippen molar-refractivity contribution in [3.05, 3.63) is 0 Å².